The van der Waals surface area contributed by atoms with Crippen LogP contribution in [0.25, 0.3) is 0 Å². The Hall–Kier alpha value is -1.40. The molecule has 144 valence electrons. The zero-order valence-electron chi connectivity index (χ0n) is 16.0. The van der Waals surface area contributed by atoms with Crippen LogP contribution in [0, 0.1) is 5.92 Å². The molecule has 1 aliphatic carbocycles. The number of thioether (sulfide) groups is 2. The molecule has 0 radical (unpaired) electrons. The van der Waals surface area contributed by atoms with E-state index in [1.165, 1.54) is 4.91 Å². The maximum atomic E-state index is 11.4. The van der Waals surface area contributed by atoms with Crippen LogP contribution in [-0.2, 0) is 19.1 Å². The van der Waals surface area contributed by atoms with Crippen LogP contribution < -0.4 is 0 Å². The first-order valence-corrected chi connectivity index (χ1v) is 10.5. The van der Waals surface area contributed by atoms with E-state index in [2.05, 4.69) is 45.2 Å². The summed E-state index contributed by atoms with van der Waals surface area (Å²) in [6, 6.07) is 0. The zero-order chi connectivity index (χ0) is 19.7. The Morgan fingerprint density at radius 1 is 1.12 bits per heavy atom. The fourth-order valence-electron chi connectivity index (χ4n) is 2.19. The van der Waals surface area contributed by atoms with E-state index in [0.717, 1.165) is 5.75 Å². The lowest BCUT2D eigenvalue weighted by atomic mass is 9.90. The number of hydrogen-bond acceptors (Lipinski definition) is 6. The Morgan fingerprint density at radius 2 is 1.65 bits per heavy atom. The molecule has 0 heterocycles. The molecule has 1 aliphatic rings. The third-order valence-electron chi connectivity index (χ3n) is 3.99. The molecule has 4 nitrogen and oxygen atoms in total. The highest BCUT2D eigenvalue weighted by molar-refractivity contribution is 8.03. The molecule has 0 saturated heterocycles. The van der Waals surface area contributed by atoms with Gasteiger partial charge in [0.2, 0.25) is 0 Å². The molecule has 0 aromatic carbocycles. The van der Waals surface area contributed by atoms with Gasteiger partial charge in [-0.05, 0) is 25.7 Å². The van der Waals surface area contributed by atoms with Gasteiger partial charge in [-0.25, -0.2) is 9.59 Å². The van der Waals surface area contributed by atoms with Gasteiger partial charge in [-0.3, -0.25) is 0 Å². The first kappa shape index (κ1) is 22.6. The number of esters is 2. The number of hydrogen-bond donors (Lipinski definition) is 0. The van der Waals surface area contributed by atoms with Crippen LogP contribution in [0.5, 0.6) is 0 Å². The fourth-order valence-corrected chi connectivity index (χ4v) is 4.49. The summed E-state index contributed by atoms with van der Waals surface area (Å²) in [5, 5.41) is 0. The Kier molecular flexibility index (Phi) is 9.30. The van der Waals surface area contributed by atoms with Gasteiger partial charge in [-0.1, -0.05) is 38.3 Å². The molecule has 0 aromatic heterocycles. The van der Waals surface area contributed by atoms with E-state index >= 15 is 0 Å². The molecule has 2 atom stereocenters. The van der Waals surface area contributed by atoms with Gasteiger partial charge >= 0.3 is 11.9 Å². The first-order valence-electron chi connectivity index (χ1n) is 8.49. The fraction of sp³-hybridized carbons (Fsp3) is 0.500. The van der Waals surface area contributed by atoms with Crippen molar-refractivity contribution < 1.29 is 19.1 Å². The maximum absolute atomic E-state index is 11.4. The number of ether oxygens (including phenoxy) is 2. The van der Waals surface area contributed by atoms with Crippen molar-refractivity contribution in [1.29, 1.82) is 0 Å². The predicted molar refractivity (Wildman–Crippen MR) is 111 cm³/mol. The van der Waals surface area contributed by atoms with Crippen LogP contribution in [0.15, 0.2) is 47.4 Å². The summed E-state index contributed by atoms with van der Waals surface area (Å²) >= 11 is 3.47. The molecule has 0 aromatic rings. The number of rotatable bonds is 10. The Balaban J connectivity index is 2.43. The van der Waals surface area contributed by atoms with Gasteiger partial charge in [-0.15, -0.1) is 23.5 Å². The van der Waals surface area contributed by atoms with E-state index in [-0.39, 0.29) is 16.7 Å². The summed E-state index contributed by atoms with van der Waals surface area (Å²) in [7, 11) is 0. The lowest BCUT2D eigenvalue weighted by Gasteiger charge is -2.36. The molecule has 2 unspecified atom stereocenters. The number of allylic oxidation sites excluding steroid dienone is 3. The number of carbonyl (C=O) groups excluding carboxylic acids is 2. The third-order valence-corrected chi connectivity index (χ3v) is 6.66. The molecule has 0 N–H and O–H groups in total. The van der Waals surface area contributed by atoms with E-state index in [9.17, 15) is 9.59 Å². The minimum atomic E-state index is -0.346. The lowest BCUT2D eigenvalue weighted by Crippen LogP contribution is -2.30. The third kappa shape index (κ3) is 7.08. The lowest BCUT2D eigenvalue weighted by molar-refractivity contribution is -0.139. The van der Waals surface area contributed by atoms with Gasteiger partial charge in [0.05, 0.1) is 0 Å². The van der Waals surface area contributed by atoms with E-state index in [0.29, 0.717) is 36.0 Å². The van der Waals surface area contributed by atoms with Crippen molar-refractivity contribution in [3.63, 3.8) is 0 Å². The topological polar surface area (TPSA) is 52.6 Å². The second-order valence-electron chi connectivity index (χ2n) is 6.36. The quantitative estimate of drug-likeness (QED) is 0.307. The summed E-state index contributed by atoms with van der Waals surface area (Å²) in [4.78, 5) is 24.1. The van der Waals surface area contributed by atoms with Crippen LogP contribution in [0.3, 0.4) is 0 Å². The zero-order valence-corrected chi connectivity index (χ0v) is 17.6. The average molecular weight is 397 g/mol. The first-order chi connectivity index (χ1) is 12.2. The van der Waals surface area contributed by atoms with Gasteiger partial charge in [0.15, 0.2) is 0 Å². The molecule has 6 heteroatoms. The highest BCUT2D eigenvalue weighted by atomic mass is 32.2. The molecule has 0 amide bonds. The van der Waals surface area contributed by atoms with Crippen molar-refractivity contribution >= 4 is 35.5 Å². The van der Waals surface area contributed by atoms with Crippen molar-refractivity contribution in [2.24, 2.45) is 5.92 Å². The van der Waals surface area contributed by atoms with Gasteiger partial charge in [0.25, 0.3) is 0 Å². The monoisotopic (exact) mass is 396 g/mol. The van der Waals surface area contributed by atoms with E-state index in [1.807, 2.05) is 0 Å². The van der Waals surface area contributed by atoms with E-state index in [1.54, 1.807) is 37.4 Å². The van der Waals surface area contributed by atoms with Crippen LogP contribution >= 0.6 is 23.5 Å². The standard InChI is InChI=1S/C20H28O4S2/c1-14(2)18(21)23-10-12-25-17-8-7-9-20(6,16(17)5)26-13-11-24-19(22)15(3)4/h7-9,16H,1,3,10-13H2,2,4-6H3. The Labute approximate surface area is 165 Å². The van der Waals surface area contributed by atoms with Crippen molar-refractivity contribution in [2.45, 2.75) is 32.4 Å². The molecule has 0 fully saturated rings. The maximum Gasteiger partial charge on any atom is 0.333 e. The van der Waals surface area contributed by atoms with Gasteiger partial charge in [0.1, 0.15) is 13.2 Å². The van der Waals surface area contributed by atoms with E-state index in [4.69, 9.17) is 9.47 Å². The summed E-state index contributed by atoms with van der Waals surface area (Å²) in [5.74, 6) is 1.05. The second kappa shape index (κ2) is 10.7. The minimum Gasteiger partial charge on any atom is -0.461 e. The highest BCUT2D eigenvalue weighted by Crippen LogP contribution is 2.44. The molecular weight excluding hydrogens is 368 g/mol. The normalized spacial score (nSPS) is 21.7. The molecule has 0 bridgehead atoms. The highest BCUT2D eigenvalue weighted by Gasteiger charge is 2.33. The average Bonchev–Trinajstić information content (AvgIpc) is 2.58. The predicted octanol–water partition coefficient (Wildman–Crippen LogP) is 4.54. The summed E-state index contributed by atoms with van der Waals surface area (Å²) < 4.78 is 10.2. The van der Waals surface area contributed by atoms with Crippen molar-refractivity contribution in [3.8, 4) is 0 Å². The molecule has 0 spiro atoms. The van der Waals surface area contributed by atoms with Crippen molar-refractivity contribution in [1.82, 2.24) is 0 Å². The molecule has 0 aliphatic heterocycles. The molecule has 1 rings (SSSR count). The van der Waals surface area contributed by atoms with Crippen LogP contribution in [0.4, 0.5) is 0 Å². The van der Waals surface area contributed by atoms with Crippen molar-refractivity contribution in [3.05, 3.63) is 47.4 Å². The molecule has 26 heavy (non-hydrogen) atoms. The van der Waals surface area contributed by atoms with Crippen LogP contribution in [0.1, 0.15) is 27.7 Å². The Bertz CT molecular complexity index is 621. The smallest absolute Gasteiger partial charge is 0.333 e. The molecular formula is C20H28O4S2. The second-order valence-corrected chi connectivity index (χ2v) is 9.11. The van der Waals surface area contributed by atoms with Gasteiger partial charge in [-0.2, -0.15) is 0 Å². The minimum absolute atomic E-state index is 0.0684. The van der Waals surface area contributed by atoms with Crippen molar-refractivity contribution in [2.75, 3.05) is 24.7 Å². The summed E-state index contributed by atoms with van der Waals surface area (Å²) in [6.07, 6.45) is 6.36. The van der Waals surface area contributed by atoms with Gasteiger partial charge in [0, 0.05) is 33.3 Å². The summed E-state index contributed by atoms with van der Waals surface area (Å²) in [6.45, 7) is 15.5. The van der Waals surface area contributed by atoms with Gasteiger partial charge < -0.3 is 9.47 Å². The largest absolute Gasteiger partial charge is 0.461 e. The van der Waals surface area contributed by atoms with Crippen LogP contribution in [0.2, 0.25) is 0 Å². The Morgan fingerprint density at radius 3 is 2.19 bits per heavy atom. The number of carbonyl (C=O) groups is 2. The van der Waals surface area contributed by atoms with Crippen LogP contribution in [-0.4, -0.2) is 41.4 Å². The SMILES string of the molecule is C=C(C)C(=O)OCCSC1=CC=CC(C)(SCCOC(=O)C(=C)C)C1C. The molecule has 0 saturated carbocycles. The van der Waals surface area contributed by atoms with E-state index < -0.39 is 0 Å². The summed E-state index contributed by atoms with van der Waals surface area (Å²) in [5.41, 5.74) is 0.834.